The number of carbonyl (C=O) groups is 1. The van der Waals surface area contributed by atoms with Crippen molar-refractivity contribution >= 4 is 5.97 Å². The van der Waals surface area contributed by atoms with Gasteiger partial charge >= 0.3 is 5.97 Å². The van der Waals surface area contributed by atoms with Crippen molar-refractivity contribution in [1.29, 1.82) is 0 Å². The lowest BCUT2D eigenvalue weighted by Gasteiger charge is -2.17. The maximum Gasteiger partial charge on any atom is 0.343 e. The van der Waals surface area contributed by atoms with E-state index in [0.717, 1.165) is 31.5 Å². The summed E-state index contributed by atoms with van der Waals surface area (Å²) in [4.78, 5) is 31.2. The molecular weight excluding hydrogens is 346 g/mol. The highest BCUT2D eigenvalue weighted by molar-refractivity contribution is 5.93. The lowest BCUT2D eigenvalue weighted by molar-refractivity contribution is 0.0593. The van der Waals surface area contributed by atoms with Crippen molar-refractivity contribution in [2.45, 2.75) is 25.8 Å². The minimum Gasteiger partial charge on any atom is -0.492 e. The third kappa shape index (κ3) is 4.54. The van der Waals surface area contributed by atoms with Crippen LogP contribution in [0.4, 0.5) is 0 Å². The standard InChI is InChI=1S/C20H25N3O4/c1-22-9-7-16-19(20(25)26-2)17(13-18(24)23(16)11-10-22)27-12-4-6-15-5-3-8-21-14-15/h3,5,8,13-14H,4,6-7,9-12H2,1-2H3. The first kappa shape index (κ1) is 19.1. The zero-order valence-corrected chi connectivity index (χ0v) is 15.8. The molecule has 0 spiro atoms. The third-order valence-corrected chi connectivity index (χ3v) is 4.80. The van der Waals surface area contributed by atoms with Crippen LogP contribution in [0.1, 0.15) is 28.0 Å². The largest absolute Gasteiger partial charge is 0.492 e. The summed E-state index contributed by atoms with van der Waals surface area (Å²) in [5, 5.41) is 0. The molecule has 0 radical (unpaired) electrons. The van der Waals surface area contributed by atoms with Crippen LogP contribution in [0.5, 0.6) is 5.75 Å². The molecule has 3 heterocycles. The van der Waals surface area contributed by atoms with Crippen molar-refractivity contribution in [2.24, 2.45) is 0 Å². The van der Waals surface area contributed by atoms with E-state index < -0.39 is 5.97 Å². The number of esters is 1. The molecule has 3 rings (SSSR count). The van der Waals surface area contributed by atoms with Gasteiger partial charge in [0.1, 0.15) is 11.3 Å². The van der Waals surface area contributed by atoms with E-state index in [1.165, 1.54) is 13.2 Å². The predicted molar refractivity (Wildman–Crippen MR) is 101 cm³/mol. The summed E-state index contributed by atoms with van der Waals surface area (Å²) in [7, 11) is 3.35. The average molecular weight is 371 g/mol. The van der Waals surface area contributed by atoms with Crippen LogP contribution in [0.15, 0.2) is 35.4 Å². The van der Waals surface area contributed by atoms with Crippen LogP contribution >= 0.6 is 0 Å². The van der Waals surface area contributed by atoms with E-state index >= 15 is 0 Å². The molecule has 0 fully saturated rings. The van der Waals surface area contributed by atoms with Crippen molar-refractivity contribution in [1.82, 2.24) is 14.5 Å². The summed E-state index contributed by atoms with van der Waals surface area (Å²) >= 11 is 0. The number of likely N-dealkylation sites (N-methyl/N-ethyl adjacent to an activating group) is 1. The Hall–Kier alpha value is -2.67. The maximum atomic E-state index is 12.6. The molecule has 0 aromatic carbocycles. The lowest BCUT2D eigenvalue weighted by Crippen LogP contribution is -2.28. The Bertz CT molecular complexity index is 848. The molecule has 1 aliphatic heterocycles. The summed E-state index contributed by atoms with van der Waals surface area (Å²) in [6.07, 6.45) is 5.74. The van der Waals surface area contributed by atoms with E-state index in [0.29, 0.717) is 36.6 Å². The molecule has 2 aromatic rings. The molecule has 27 heavy (non-hydrogen) atoms. The van der Waals surface area contributed by atoms with Crippen LogP contribution in [0, 0.1) is 0 Å². The van der Waals surface area contributed by atoms with Crippen molar-refractivity contribution in [3.8, 4) is 5.75 Å². The normalized spacial score (nSPS) is 14.3. The van der Waals surface area contributed by atoms with Gasteiger partial charge in [-0.2, -0.15) is 0 Å². The van der Waals surface area contributed by atoms with Gasteiger partial charge < -0.3 is 18.9 Å². The second-order valence-corrected chi connectivity index (χ2v) is 6.68. The van der Waals surface area contributed by atoms with Crippen LogP contribution in [0.3, 0.4) is 0 Å². The molecule has 7 heteroatoms. The molecule has 2 aromatic heterocycles. The number of hydrogen-bond donors (Lipinski definition) is 0. The van der Waals surface area contributed by atoms with Crippen molar-refractivity contribution < 1.29 is 14.3 Å². The number of ether oxygens (including phenoxy) is 2. The van der Waals surface area contributed by atoms with Gasteiger partial charge in [-0.05, 0) is 31.5 Å². The minimum atomic E-state index is -0.467. The minimum absolute atomic E-state index is 0.143. The van der Waals surface area contributed by atoms with Crippen LogP contribution in [0.2, 0.25) is 0 Å². The van der Waals surface area contributed by atoms with Gasteiger partial charge in [0.2, 0.25) is 0 Å². The second kappa shape index (κ2) is 8.81. The number of aryl methyl sites for hydroxylation is 1. The van der Waals surface area contributed by atoms with E-state index in [1.54, 1.807) is 10.8 Å². The van der Waals surface area contributed by atoms with E-state index in [2.05, 4.69) is 9.88 Å². The Morgan fingerprint density at radius 2 is 2.15 bits per heavy atom. The number of carbonyl (C=O) groups excluding carboxylic acids is 1. The number of aromatic nitrogens is 2. The molecule has 0 aliphatic carbocycles. The Morgan fingerprint density at radius 1 is 1.30 bits per heavy atom. The zero-order valence-electron chi connectivity index (χ0n) is 15.8. The van der Waals surface area contributed by atoms with Crippen LogP contribution in [-0.4, -0.2) is 54.3 Å². The molecule has 0 bridgehead atoms. The predicted octanol–water partition coefficient (Wildman–Crippen LogP) is 1.53. The highest BCUT2D eigenvalue weighted by atomic mass is 16.5. The summed E-state index contributed by atoms with van der Waals surface area (Å²) in [6, 6.07) is 5.32. The Labute approximate surface area is 158 Å². The van der Waals surface area contributed by atoms with Gasteiger partial charge in [0.05, 0.1) is 13.7 Å². The van der Waals surface area contributed by atoms with E-state index in [-0.39, 0.29) is 5.56 Å². The van der Waals surface area contributed by atoms with Crippen LogP contribution in [-0.2, 0) is 24.1 Å². The fraction of sp³-hybridized carbons (Fsp3) is 0.450. The lowest BCUT2D eigenvalue weighted by atomic mass is 10.1. The summed E-state index contributed by atoms with van der Waals surface area (Å²) in [5.41, 5.74) is 2.05. The first-order chi connectivity index (χ1) is 13.1. The van der Waals surface area contributed by atoms with E-state index in [9.17, 15) is 9.59 Å². The van der Waals surface area contributed by atoms with Gasteiger partial charge in [0.25, 0.3) is 5.56 Å². The first-order valence-corrected chi connectivity index (χ1v) is 9.15. The van der Waals surface area contributed by atoms with Crippen molar-refractivity contribution in [3.63, 3.8) is 0 Å². The van der Waals surface area contributed by atoms with Gasteiger partial charge in [-0.3, -0.25) is 9.78 Å². The fourth-order valence-corrected chi connectivity index (χ4v) is 3.30. The van der Waals surface area contributed by atoms with Crippen LogP contribution < -0.4 is 10.3 Å². The quantitative estimate of drug-likeness (QED) is 0.566. The molecule has 7 nitrogen and oxygen atoms in total. The molecule has 0 amide bonds. The molecule has 0 unspecified atom stereocenters. The first-order valence-electron chi connectivity index (χ1n) is 9.15. The highest BCUT2D eigenvalue weighted by Gasteiger charge is 2.25. The number of methoxy groups -OCH3 is 1. The third-order valence-electron chi connectivity index (χ3n) is 4.80. The number of pyridine rings is 2. The number of fused-ring (bicyclic) bond motifs is 1. The Balaban J connectivity index is 1.80. The monoisotopic (exact) mass is 371 g/mol. The molecule has 144 valence electrons. The van der Waals surface area contributed by atoms with Gasteiger partial charge in [-0.25, -0.2) is 4.79 Å². The van der Waals surface area contributed by atoms with Crippen LogP contribution in [0.25, 0.3) is 0 Å². The molecular formula is C20H25N3O4. The van der Waals surface area contributed by atoms with Gasteiger partial charge in [-0.1, -0.05) is 6.07 Å². The SMILES string of the molecule is COC(=O)c1c(OCCCc2cccnc2)cc(=O)n2c1CCN(C)CC2. The van der Waals surface area contributed by atoms with Crippen molar-refractivity contribution in [2.75, 3.05) is 33.9 Å². The zero-order chi connectivity index (χ0) is 19.2. The highest BCUT2D eigenvalue weighted by Crippen LogP contribution is 2.24. The second-order valence-electron chi connectivity index (χ2n) is 6.68. The molecule has 0 atom stereocenters. The van der Waals surface area contributed by atoms with Gasteiger partial charge in [-0.15, -0.1) is 0 Å². The molecule has 1 aliphatic rings. The van der Waals surface area contributed by atoms with E-state index in [1.807, 2.05) is 25.4 Å². The Kier molecular flexibility index (Phi) is 6.24. The van der Waals surface area contributed by atoms with Gasteiger partial charge in [0.15, 0.2) is 0 Å². The summed E-state index contributed by atoms with van der Waals surface area (Å²) in [5.74, 6) is -0.153. The topological polar surface area (TPSA) is 73.7 Å². The molecule has 0 N–H and O–H groups in total. The number of hydrogen-bond acceptors (Lipinski definition) is 6. The number of rotatable bonds is 6. The van der Waals surface area contributed by atoms with Crippen molar-refractivity contribution in [3.05, 3.63) is 57.8 Å². The summed E-state index contributed by atoms with van der Waals surface area (Å²) < 4.78 is 12.5. The smallest absolute Gasteiger partial charge is 0.343 e. The number of nitrogens with zero attached hydrogens (tertiary/aromatic N) is 3. The molecule has 0 saturated heterocycles. The fourth-order valence-electron chi connectivity index (χ4n) is 3.30. The maximum absolute atomic E-state index is 12.6. The molecule has 0 saturated carbocycles. The van der Waals surface area contributed by atoms with Gasteiger partial charge in [0, 0.05) is 50.2 Å². The Morgan fingerprint density at radius 3 is 2.89 bits per heavy atom. The average Bonchev–Trinajstić information content (AvgIpc) is 2.88. The summed E-state index contributed by atoms with van der Waals surface area (Å²) in [6.45, 7) is 2.49. The van der Waals surface area contributed by atoms with E-state index in [4.69, 9.17) is 9.47 Å².